The van der Waals surface area contributed by atoms with Crippen LogP contribution in [0.3, 0.4) is 0 Å². The third-order valence-corrected chi connectivity index (χ3v) is 5.05. The highest BCUT2D eigenvalue weighted by molar-refractivity contribution is 6.31. The highest BCUT2D eigenvalue weighted by atomic mass is 35.5. The Labute approximate surface area is 170 Å². The normalized spacial score (nSPS) is 17.9. The van der Waals surface area contributed by atoms with Crippen LogP contribution in [0.25, 0.3) is 0 Å². The van der Waals surface area contributed by atoms with Gasteiger partial charge in [-0.15, -0.1) is 0 Å². The average molecular weight is 426 g/mol. The summed E-state index contributed by atoms with van der Waals surface area (Å²) in [6, 6.07) is 10.3. The van der Waals surface area contributed by atoms with Gasteiger partial charge in [0, 0.05) is 11.1 Å². The minimum absolute atomic E-state index is 0.0119. The van der Waals surface area contributed by atoms with E-state index in [-0.39, 0.29) is 24.0 Å². The van der Waals surface area contributed by atoms with Crippen LogP contribution >= 0.6 is 11.6 Å². The summed E-state index contributed by atoms with van der Waals surface area (Å²) in [6.07, 6.45) is -5.64. The number of benzene rings is 2. The Morgan fingerprint density at radius 2 is 1.90 bits per heavy atom. The van der Waals surface area contributed by atoms with Gasteiger partial charge in [-0.05, 0) is 30.7 Å². The predicted molar refractivity (Wildman–Crippen MR) is 105 cm³/mol. The molecule has 2 atom stereocenters. The van der Waals surface area contributed by atoms with Gasteiger partial charge in [0.15, 0.2) is 0 Å². The first-order valence-corrected chi connectivity index (χ1v) is 9.31. The van der Waals surface area contributed by atoms with Crippen LogP contribution in [0.15, 0.2) is 48.5 Å². The van der Waals surface area contributed by atoms with E-state index < -0.39 is 30.5 Å². The molecule has 1 heterocycles. The van der Waals surface area contributed by atoms with Crippen molar-refractivity contribution in [2.24, 2.45) is 0 Å². The van der Waals surface area contributed by atoms with Gasteiger partial charge in [0.25, 0.3) is 0 Å². The zero-order valence-corrected chi connectivity index (χ0v) is 16.2. The van der Waals surface area contributed by atoms with E-state index in [1.807, 2.05) is 0 Å². The van der Waals surface area contributed by atoms with Crippen molar-refractivity contribution in [3.05, 3.63) is 59.1 Å². The molecule has 0 spiro atoms. The Bertz CT molecular complexity index is 920. The first-order chi connectivity index (χ1) is 13.7. The van der Waals surface area contributed by atoms with Gasteiger partial charge in [0.05, 0.1) is 24.3 Å². The molecule has 154 valence electrons. The van der Waals surface area contributed by atoms with Crippen molar-refractivity contribution in [1.29, 1.82) is 0 Å². The van der Waals surface area contributed by atoms with E-state index in [9.17, 15) is 22.8 Å². The zero-order valence-electron chi connectivity index (χ0n) is 15.5. The number of halogens is 4. The van der Waals surface area contributed by atoms with Gasteiger partial charge in [0.1, 0.15) is 6.04 Å². The lowest BCUT2D eigenvalue weighted by molar-refractivity contribution is -0.157. The van der Waals surface area contributed by atoms with Crippen LogP contribution in [0, 0.1) is 0 Å². The highest BCUT2D eigenvalue weighted by Crippen LogP contribution is 2.37. The molecule has 9 heteroatoms. The summed E-state index contributed by atoms with van der Waals surface area (Å²) in [7, 11) is 0. The molecular formula is C20H19ClF3N3O2. The molecule has 0 unspecified atom stereocenters. The maximum Gasteiger partial charge on any atom is 0.409 e. The van der Waals surface area contributed by atoms with Crippen molar-refractivity contribution in [3.63, 3.8) is 0 Å². The number of anilines is 2. The van der Waals surface area contributed by atoms with Crippen LogP contribution in [0.5, 0.6) is 0 Å². The number of hydrogen-bond acceptors (Lipinski definition) is 3. The molecule has 0 aromatic heterocycles. The molecule has 0 bridgehead atoms. The second-order valence-corrected chi connectivity index (χ2v) is 7.12. The third kappa shape index (κ3) is 4.71. The SMILES string of the molecule is C[C@H](NCC(=O)N1c2ccccc2NC(=O)C[C@@H]1C(F)(F)F)c1ccccc1Cl. The largest absolute Gasteiger partial charge is 0.409 e. The van der Waals surface area contributed by atoms with Gasteiger partial charge >= 0.3 is 6.18 Å². The lowest BCUT2D eigenvalue weighted by Crippen LogP contribution is -2.52. The summed E-state index contributed by atoms with van der Waals surface area (Å²) in [5.41, 5.74) is 0.900. The summed E-state index contributed by atoms with van der Waals surface area (Å²) in [6.45, 7) is 1.40. The Balaban J connectivity index is 1.87. The number of nitrogens with one attached hydrogen (secondary N) is 2. The highest BCUT2D eigenvalue weighted by Gasteiger charge is 2.48. The van der Waals surface area contributed by atoms with Gasteiger partial charge in [-0.3, -0.25) is 14.5 Å². The first-order valence-electron chi connectivity index (χ1n) is 8.94. The van der Waals surface area contributed by atoms with Crippen LogP contribution in [-0.2, 0) is 9.59 Å². The maximum atomic E-state index is 13.7. The molecule has 29 heavy (non-hydrogen) atoms. The van der Waals surface area contributed by atoms with Crippen molar-refractivity contribution >= 4 is 34.8 Å². The van der Waals surface area contributed by atoms with Gasteiger partial charge in [-0.25, -0.2) is 0 Å². The van der Waals surface area contributed by atoms with E-state index in [1.165, 1.54) is 18.2 Å². The van der Waals surface area contributed by atoms with Crippen molar-refractivity contribution in [2.75, 3.05) is 16.8 Å². The fourth-order valence-corrected chi connectivity index (χ4v) is 3.56. The molecule has 2 aromatic carbocycles. The van der Waals surface area contributed by atoms with E-state index >= 15 is 0 Å². The molecule has 0 saturated carbocycles. The molecule has 0 fully saturated rings. The summed E-state index contributed by atoms with van der Waals surface area (Å²) in [5, 5.41) is 5.85. The average Bonchev–Trinajstić information content (AvgIpc) is 2.81. The number of nitrogens with zero attached hydrogens (tertiary/aromatic N) is 1. The van der Waals surface area contributed by atoms with E-state index in [4.69, 9.17) is 11.6 Å². The van der Waals surface area contributed by atoms with Gasteiger partial charge in [-0.1, -0.05) is 41.9 Å². The number of rotatable bonds is 4. The molecule has 2 amide bonds. The van der Waals surface area contributed by atoms with Crippen molar-refractivity contribution in [1.82, 2.24) is 5.32 Å². The fraction of sp³-hybridized carbons (Fsp3) is 0.300. The lowest BCUT2D eigenvalue weighted by atomic mass is 10.1. The van der Waals surface area contributed by atoms with Crippen molar-refractivity contribution < 1.29 is 22.8 Å². The molecule has 0 radical (unpaired) electrons. The molecule has 2 aromatic rings. The van der Waals surface area contributed by atoms with E-state index in [1.54, 1.807) is 37.3 Å². The number of amides is 2. The quantitative estimate of drug-likeness (QED) is 0.768. The summed E-state index contributed by atoms with van der Waals surface area (Å²) in [4.78, 5) is 25.5. The van der Waals surface area contributed by atoms with Crippen LogP contribution in [0.4, 0.5) is 24.5 Å². The molecule has 0 aliphatic carbocycles. The Morgan fingerprint density at radius 3 is 2.59 bits per heavy atom. The second kappa shape index (κ2) is 8.42. The number of carbonyl (C=O) groups is 2. The van der Waals surface area contributed by atoms with Crippen LogP contribution < -0.4 is 15.5 Å². The number of carbonyl (C=O) groups excluding carboxylic acids is 2. The van der Waals surface area contributed by atoms with Gasteiger partial charge in [-0.2, -0.15) is 13.2 Å². The predicted octanol–water partition coefficient (Wildman–Crippen LogP) is 4.30. The standard InChI is InChI=1S/C20H19ClF3N3O2/c1-12(13-6-2-3-7-14(13)21)25-11-19(29)27-16-9-5-4-8-15(16)26-18(28)10-17(27)20(22,23)24/h2-9,12,17,25H,10-11H2,1H3,(H,26,28)/t12-,17+/m0/s1. The Hall–Kier alpha value is -2.58. The number of para-hydroxylation sites is 2. The molecular weight excluding hydrogens is 407 g/mol. The maximum absolute atomic E-state index is 13.7. The van der Waals surface area contributed by atoms with Crippen molar-refractivity contribution in [2.45, 2.75) is 31.6 Å². The smallest absolute Gasteiger partial charge is 0.324 e. The molecule has 3 rings (SSSR count). The molecule has 5 nitrogen and oxygen atoms in total. The fourth-order valence-electron chi connectivity index (χ4n) is 3.26. The van der Waals surface area contributed by atoms with Crippen LogP contribution in [0.1, 0.15) is 24.9 Å². The van der Waals surface area contributed by atoms with E-state index in [0.29, 0.717) is 9.92 Å². The number of hydrogen-bond donors (Lipinski definition) is 2. The summed E-state index contributed by atoms with van der Waals surface area (Å²) in [5.74, 6) is -1.59. The summed E-state index contributed by atoms with van der Waals surface area (Å²) < 4.78 is 41.1. The van der Waals surface area contributed by atoms with E-state index in [2.05, 4.69) is 10.6 Å². The number of fused-ring (bicyclic) bond motifs is 1. The minimum Gasteiger partial charge on any atom is -0.324 e. The Morgan fingerprint density at radius 1 is 1.24 bits per heavy atom. The van der Waals surface area contributed by atoms with Crippen molar-refractivity contribution in [3.8, 4) is 0 Å². The summed E-state index contributed by atoms with van der Waals surface area (Å²) >= 11 is 6.14. The molecule has 0 saturated heterocycles. The molecule has 1 aliphatic heterocycles. The minimum atomic E-state index is -4.77. The molecule has 2 N–H and O–H groups in total. The second-order valence-electron chi connectivity index (χ2n) is 6.71. The third-order valence-electron chi connectivity index (χ3n) is 4.71. The zero-order chi connectivity index (χ0) is 21.2. The van der Waals surface area contributed by atoms with Crippen LogP contribution in [0.2, 0.25) is 5.02 Å². The monoisotopic (exact) mass is 425 g/mol. The number of alkyl halides is 3. The van der Waals surface area contributed by atoms with Gasteiger partial charge < -0.3 is 10.6 Å². The van der Waals surface area contributed by atoms with Crippen LogP contribution in [-0.4, -0.2) is 30.6 Å². The first kappa shape index (κ1) is 21.1. The lowest BCUT2D eigenvalue weighted by Gasteiger charge is -2.32. The van der Waals surface area contributed by atoms with E-state index in [0.717, 1.165) is 5.56 Å². The topological polar surface area (TPSA) is 61.4 Å². The Kier molecular flexibility index (Phi) is 6.14. The van der Waals surface area contributed by atoms with Gasteiger partial charge in [0.2, 0.25) is 11.8 Å². The molecule has 1 aliphatic rings.